The van der Waals surface area contributed by atoms with E-state index in [1.54, 1.807) is 30.3 Å². The van der Waals surface area contributed by atoms with Gasteiger partial charge in [0, 0.05) is 28.2 Å². The van der Waals surface area contributed by atoms with Crippen LogP contribution < -0.4 is 4.74 Å². The second kappa shape index (κ2) is 11.5. The molecule has 3 aromatic carbocycles. The molecule has 0 amide bonds. The molecule has 41 heavy (non-hydrogen) atoms. The molecular weight excluding hydrogens is 643 g/mol. The normalized spacial score (nSPS) is 14.7. The van der Waals surface area contributed by atoms with Gasteiger partial charge >= 0.3 is 5.97 Å². The fraction of sp³-hybridized carbons (Fsp3) is 0.194. The summed E-state index contributed by atoms with van der Waals surface area (Å²) in [5.41, 5.74) is 2.68. The summed E-state index contributed by atoms with van der Waals surface area (Å²) in [5, 5.41) is 9.45. The number of hydrogen-bond donors (Lipinski definition) is 1. The molecule has 5 aromatic rings. The molecule has 6 rings (SSSR count). The largest absolute Gasteiger partial charge is 0.478 e. The molecule has 0 aliphatic carbocycles. The van der Waals surface area contributed by atoms with Crippen molar-refractivity contribution in [2.24, 2.45) is 0 Å². The lowest BCUT2D eigenvalue weighted by molar-refractivity contribution is -0.0589. The number of nitrogens with zero attached hydrogens (tertiary/aromatic N) is 3. The fourth-order valence-corrected chi connectivity index (χ4v) is 5.11. The number of carboxylic acids is 1. The number of fused-ring (bicyclic) bond motifs is 1. The van der Waals surface area contributed by atoms with Crippen LogP contribution in [0.25, 0.3) is 22.3 Å². The number of benzene rings is 3. The third-order valence-corrected chi connectivity index (χ3v) is 7.76. The highest BCUT2D eigenvalue weighted by molar-refractivity contribution is 14.1. The Labute approximate surface area is 247 Å². The molecule has 1 fully saturated rings. The summed E-state index contributed by atoms with van der Waals surface area (Å²) in [4.78, 5) is 20.6. The number of pyridine rings is 1. The number of halogens is 3. The van der Waals surface area contributed by atoms with E-state index in [2.05, 4.69) is 32.6 Å². The van der Waals surface area contributed by atoms with Gasteiger partial charge in [0.05, 0.1) is 34.9 Å². The van der Waals surface area contributed by atoms with Crippen LogP contribution in [0.1, 0.15) is 33.7 Å². The molecule has 0 spiro atoms. The maximum Gasteiger partial charge on any atom is 0.335 e. The average molecular weight is 667 g/mol. The van der Waals surface area contributed by atoms with Crippen LogP contribution >= 0.6 is 22.6 Å². The molecule has 10 heteroatoms. The molecule has 1 atom stereocenters. The molecule has 1 unspecified atom stereocenters. The van der Waals surface area contributed by atoms with Gasteiger partial charge in [-0.1, -0.05) is 18.2 Å². The molecule has 1 N–H and O–H groups in total. The number of aromatic nitrogens is 3. The highest BCUT2D eigenvalue weighted by atomic mass is 127. The highest BCUT2D eigenvalue weighted by Crippen LogP contribution is 2.29. The lowest BCUT2D eigenvalue weighted by atomic mass is 10.0. The first-order valence-electron chi connectivity index (χ1n) is 13.0. The Morgan fingerprint density at radius 2 is 1.85 bits per heavy atom. The van der Waals surface area contributed by atoms with Gasteiger partial charge in [0.15, 0.2) is 0 Å². The van der Waals surface area contributed by atoms with Crippen molar-refractivity contribution in [3.05, 3.63) is 111 Å². The molecule has 208 valence electrons. The van der Waals surface area contributed by atoms with Crippen molar-refractivity contribution in [3.63, 3.8) is 0 Å². The Morgan fingerprint density at radius 1 is 1.05 bits per heavy atom. The van der Waals surface area contributed by atoms with Crippen LogP contribution in [0.5, 0.6) is 5.88 Å². The summed E-state index contributed by atoms with van der Waals surface area (Å²) in [6, 6.07) is 19.8. The Bertz CT molecular complexity index is 1750. The second-order valence-electron chi connectivity index (χ2n) is 9.81. The Kier molecular flexibility index (Phi) is 7.67. The third-order valence-electron chi connectivity index (χ3n) is 7.04. The zero-order valence-electron chi connectivity index (χ0n) is 21.7. The van der Waals surface area contributed by atoms with Gasteiger partial charge in [-0.2, -0.15) is 0 Å². The predicted octanol–water partition coefficient (Wildman–Crippen LogP) is 6.64. The van der Waals surface area contributed by atoms with E-state index < -0.39 is 17.6 Å². The van der Waals surface area contributed by atoms with Crippen LogP contribution in [0.15, 0.2) is 72.8 Å². The first kappa shape index (κ1) is 27.3. The number of hydrogen-bond acceptors (Lipinski definition) is 5. The second-order valence-corrected chi connectivity index (χ2v) is 11.1. The van der Waals surface area contributed by atoms with Crippen LogP contribution in [-0.2, 0) is 24.3 Å². The highest BCUT2D eigenvalue weighted by Gasteiger charge is 2.23. The Hall–Kier alpha value is -3.90. The number of carboxylic acid groups (broad SMARTS) is 1. The van der Waals surface area contributed by atoms with E-state index in [1.165, 1.54) is 6.07 Å². The van der Waals surface area contributed by atoms with E-state index >= 15 is 8.78 Å². The molecule has 1 saturated heterocycles. The van der Waals surface area contributed by atoms with Crippen molar-refractivity contribution in [3.8, 4) is 17.1 Å². The number of rotatable bonds is 9. The molecule has 0 saturated carbocycles. The van der Waals surface area contributed by atoms with E-state index in [1.807, 2.05) is 28.8 Å². The smallest absolute Gasteiger partial charge is 0.335 e. The van der Waals surface area contributed by atoms with Crippen LogP contribution in [0.4, 0.5) is 8.78 Å². The van der Waals surface area contributed by atoms with Gasteiger partial charge in [-0.3, -0.25) is 0 Å². The Morgan fingerprint density at radius 3 is 2.59 bits per heavy atom. The first-order chi connectivity index (χ1) is 19.8. The zero-order chi connectivity index (χ0) is 28.5. The third kappa shape index (κ3) is 5.94. The van der Waals surface area contributed by atoms with Crippen molar-refractivity contribution >= 4 is 39.6 Å². The minimum absolute atomic E-state index is 0.0133. The number of imidazole rings is 1. The van der Waals surface area contributed by atoms with Gasteiger partial charge in [-0.05, 0) is 88.7 Å². The quantitative estimate of drug-likeness (QED) is 0.178. The van der Waals surface area contributed by atoms with Crippen LogP contribution in [0.3, 0.4) is 0 Å². The molecule has 1 aliphatic rings. The summed E-state index contributed by atoms with van der Waals surface area (Å²) < 4.78 is 45.2. The molecule has 1 aliphatic heterocycles. The maximum absolute atomic E-state index is 15.4. The van der Waals surface area contributed by atoms with Gasteiger partial charge in [-0.15, -0.1) is 0 Å². The lowest BCUT2D eigenvalue weighted by Crippen LogP contribution is -2.31. The predicted molar refractivity (Wildman–Crippen MR) is 157 cm³/mol. The van der Waals surface area contributed by atoms with E-state index in [-0.39, 0.29) is 34.9 Å². The minimum Gasteiger partial charge on any atom is -0.478 e. The monoisotopic (exact) mass is 667 g/mol. The minimum atomic E-state index is -1.05. The van der Waals surface area contributed by atoms with Gasteiger partial charge in [-0.25, -0.2) is 23.5 Å². The summed E-state index contributed by atoms with van der Waals surface area (Å²) in [5.74, 6) is -1.48. The van der Waals surface area contributed by atoms with Crippen molar-refractivity contribution in [2.45, 2.75) is 32.1 Å². The van der Waals surface area contributed by atoms with Gasteiger partial charge < -0.3 is 19.1 Å². The summed E-state index contributed by atoms with van der Waals surface area (Å²) in [6.45, 7) is 1.39. The molecule has 7 nitrogen and oxygen atoms in total. The molecule has 3 heterocycles. The number of carbonyl (C=O) groups is 1. The molecule has 2 aromatic heterocycles. The summed E-state index contributed by atoms with van der Waals surface area (Å²) in [7, 11) is 0. The van der Waals surface area contributed by atoms with Crippen LogP contribution in [0, 0.1) is 15.2 Å². The zero-order valence-corrected chi connectivity index (χ0v) is 23.8. The topological polar surface area (TPSA) is 86.5 Å². The van der Waals surface area contributed by atoms with E-state index in [0.29, 0.717) is 42.5 Å². The summed E-state index contributed by atoms with van der Waals surface area (Å²) in [6.07, 6.45) is 0.824. The molecular formula is C31H24F2IN3O4. The van der Waals surface area contributed by atoms with E-state index in [4.69, 9.17) is 9.47 Å². The van der Waals surface area contributed by atoms with Crippen LogP contribution in [-0.4, -0.2) is 38.3 Å². The van der Waals surface area contributed by atoms with Crippen molar-refractivity contribution in [2.75, 3.05) is 6.61 Å². The Balaban J connectivity index is 1.27. The lowest BCUT2D eigenvalue weighted by Gasteiger charge is -2.27. The first-order valence-corrected chi connectivity index (χ1v) is 14.1. The van der Waals surface area contributed by atoms with Gasteiger partial charge in [0.2, 0.25) is 5.88 Å². The fourth-order valence-electron chi connectivity index (χ4n) is 4.75. The van der Waals surface area contributed by atoms with E-state index in [0.717, 1.165) is 27.7 Å². The van der Waals surface area contributed by atoms with E-state index in [9.17, 15) is 9.90 Å². The van der Waals surface area contributed by atoms with Crippen molar-refractivity contribution < 1.29 is 28.2 Å². The molecule has 0 bridgehead atoms. The number of ether oxygens (including phenoxy) is 2. The average Bonchev–Trinajstić information content (AvgIpc) is 3.28. The summed E-state index contributed by atoms with van der Waals surface area (Å²) >= 11 is 2.23. The van der Waals surface area contributed by atoms with Gasteiger partial charge in [0.25, 0.3) is 0 Å². The van der Waals surface area contributed by atoms with Crippen LogP contribution in [0.2, 0.25) is 0 Å². The molecule has 0 radical (unpaired) electrons. The SMILES string of the molecule is O=C(O)c1ccc2nc(Cc3cc(F)c(-c4cccc(OCc5ccc(I)cc5)n4)cc3F)n(CC3CCO3)c2c1. The van der Waals surface area contributed by atoms with Crippen molar-refractivity contribution in [1.82, 2.24) is 14.5 Å². The van der Waals surface area contributed by atoms with Gasteiger partial charge in [0.1, 0.15) is 24.1 Å². The maximum atomic E-state index is 15.4. The number of aromatic carboxylic acids is 1. The standard InChI is InChI=1S/C31H24F2IN3O4/c32-24-15-23(26-2-1-3-30(36-26)41-17-18-4-7-21(34)8-5-18)25(33)12-20(24)14-29-35-27-9-6-19(31(38)39)13-28(27)37(29)16-22-10-11-40-22/h1-9,12-13,15,22H,10-11,14,16-17H2,(H,38,39). The van der Waals surface area contributed by atoms with Crippen molar-refractivity contribution in [1.29, 1.82) is 0 Å².